The molecule has 2 nitrogen and oxygen atoms in total. The molecule has 0 fully saturated rings. The van der Waals surface area contributed by atoms with Crippen LogP contribution in [0.3, 0.4) is 0 Å². The Labute approximate surface area is 124 Å². The maximum absolute atomic E-state index is 6.03. The summed E-state index contributed by atoms with van der Waals surface area (Å²) in [6.45, 7) is 0. The summed E-state index contributed by atoms with van der Waals surface area (Å²) < 4.78 is 6.03. The molecule has 0 aliphatic carbocycles. The van der Waals surface area contributed by atoms with Gasteiger partial charge in [-0.3, -0.25) is 4.98 Å². The Morgan fingerprint density at radius 1 is 0.762 bits per heavy atom. The molecule has 0 bridgehead atoms. The average Bonchev–Trinajstić information content (AvgIpc) is 2.55. The van der Waals surface area contributed by atoms with Gasteiger partial charge >= 0.3 is 0 Å². The highest BCUT2D eigenvalue weighted by molar-refractivity contribution is 5.53. The Bertz CT molecular complexity index is 722. The minimum Gasteiger partial charge on any atom is -0.457 e. The molecule has 0 N–H and O–H groups in total. The second-order valence-electron chi connectivity index (χ2n) is 5.29. The molecule has 1 aromatic heterocycles. The smallest absolute Gasteiger partial charge is 0.131 e. The summed E-state index contributed by atoms with van der Waals surface area (Å²) in [6.07, 6.45) is 4.67. The highest BCUT2D eigenvalue weighted by Gasteiger charge is 2.26. The van der Waals surface area contributed by atoms with Crippen LogP contribution in [-0.2, 0) is 6.42 Å². The summed E-state index contributed by atoms with van der Waals surface area (Å²) in [5, 5.41) is 0. The quantitative estimate of drug-likeness (QED) is 0.682. The lowest BCUT2D eigenvalue weighted by molar-refractivity contribution is 0.445. The van der Waals surface area contributed by atoms with Crippen molar-refractivity contribution in [2.75, 3.05) is 0 Å². The number of hydrogen-bond acceptors (Lipinski definition) is 2. The molecule has 2 heteroatoms. The highest BCUT2D eigenvalue weighted by atomic mass is 16.5. The van der Waals surface area contributed by atoms with Gasteiger partial charge in [-0.15, -0.1) is 0 Å². The number of pyridine rings is 1. The zero-order valence-electron chi connectivity index (χ0n) is 11.6. The Kier molecular flexibility index (Phi) is 2.93. The van der Waals surface area contributed by atoms with Crippen molar-refractivity contribution in [3.05, 3.63) is 89.7 Å². The molecule has 0 saturated heterocycles. The van der Waals surface area contributed by atoms with E-state index < -0.39 is 0 Å². The third-order valence-corrected chi connectivity index (χ3v) is 4.00. The zero-order chi connectivity index (χ0) is 14.1. The number of para-hydroxylation sites is 2. The van der Waals surface area contributed by atoms with E-state index in [0.717, 1.165) is 17.9 Å². The second kappa shape index (κ2) is 5.06. The Balaban J connectivity index is 1.82. The van der Waals surface area contributed by atoms with Gasteiger partial charge in [0, 0.05) is 29.4 Å². The molecule has 0 amide bonds. The van der Waals surface area contributed by atoms with Crippen molar-refractivity contribution in [1.82, 2.24) is 4.98 Å². The molecule has 3 aromatic rings. The van der Waals surface area contributed by atoms with Crippen molar-refractivity contribution in [1.29, 1.82) is 0 Å². The van der Waals surface area contributed by atoms with Crippen molar-refractivity contribution in [3.8, 4) is 11.5 Å². The first-order chi connectivity index (χ1) is 10.4. The molecule has 21 heavy (non-hydrogen) atoms. The summed E-state index contributed by atoms with van der Waals surface area (Å²) in [7, 11) is 0. The van der Waals surface area contributed by atoms with Gasteiger partial charge in [0.25, 0.3) is 0 Å². The maximum Gasteiger partial charge on any atom is 0.131 e. The van der Waals surface area contributed by atoms with Gasteiger partial charge in [0.05, 0.1) is 0 Å². The summed E-state index contributed by atoms with van der Waals surface area (Å²) >= 11 is 0. The summed E-state index contributed by atoms with van der Waals surface area (Å²) in [5.74, 6) is 2.26. The van der Waals surface area contributed by atoms with Gasteiger partial charge in [-0.25, -0.2) is 0 Å². The molecule has 0 spiro atoms. The lowest BCUT2D eigenvalue weighted by Gasteiger charge is -2.28. The molecular weight excluding hydrogens is 258 g/mol. The van der Waals surface area contributed by atoms with Crippen molar-refractivity contribution in [3.63, 3.8) is 0 Å². The van der Waals surface area contributed by atoms with Crippen LogP contribution >= 0.6 is 0 Å². The lowest BCUT2D eigenvalue weighted by atomic mass is 9.84. The third kappa shape index (κ3) is 2.19. The van der Waals surface area contributed by atoms with Gasteiger partial charge in [-0.2, -0.15) is 0 Å². The van der Waals surface area contributed by atoms with Crippen LogP contribution in [-0.4, -0.2) is 4.98 Å². The normalized spacial score (nSPS) is 13.1. The minimum absolute atomic E-state index is 0.327. The molecule has 1 aliphatic rings. The molecule has 0 unspecified atom stereocenters. The maximum atomic E-state index is 6.03. The van der Waals surface area contributed by atoms with E-state index in [1.54, 1.807) is 0 Å². The summed E-state index contributed by atoms with van der Waals surface area (Å²) in [4.78, 5) is 4.10. The number of aromatic nitrogens is 1. The number of ether oxygens (including phenoxy) is 1. The zero-order valence-corrected chi connectivity index (χ0v) is 11.6. The SMILES string of the molecule is c1ccc2c(c1)Oc1ccccc1C2Cc1ccncc1. The largest absolute Gasteiger partial charge is 0.457 e. The van der Waals surface area contributed by atoms with Crippen LogP contribution in [0, 0.1) is 0 Å². The average molecular weight is 273 g/mol. The van der Waals surface area contributed by atoms with Crippen LogP contribution in [0.5, 0.6) is 11.5 Å². The molecule has 1 aliphatic heterocycles. The predicted octanol–water partition coefficient (Wildman–Crippen LogP) is 4.56. The first-order valence-corrected chi connectivity index (χ1v) is 7.16. The predicted molar refractivity (Wildman–Crippen MR) is 82.7 cm³/mol. The van der Waals surface area contributed by atoms with Crippen LogP contribution < -0.4 is 4.74 Å². The van der Waals surface area contributed by atoms with Crippen molar-refractivity contribution in [2.45, 2.75) is 12.3 Å². The monoisotopic (exact) mass is 273 g/mol. The van der Waals surface area contributed by atoms with Gasteiger partial charge in [0.1, 0.15) is 11.5 Å². The van der Waals surface area contributed by atoms with E-state index in [1.807, 2.05) is 36.7 Å². The van der Waals surface area contributed by atoms with Gasteiger partial charge in [0.2, 0.25) is 0 Å². The van der Waals surface area contributed by atoms with Crippen molar-refractivity contribution < 1.29 is 4.74 Å². The van der Waals surface area contributed by atoms with E-state index in [2.05, 4.69) is 41.4 Å². The Hall–Kier alpha value is -2.61. The van der Waals surface area contributed by atoms with Gasteiger partial charge in [-0.05, 0) is 36.2 Å². The molecule has 4 rings (SSSR count). The molecule has 0 saturated carbocycles. The van der Waals surface area contributed by atoms with Crippen LogP contribution in [0.25, 0.3) is 0 Å². The minimum atomic E-state index is 0.327. The van der Waals surface area contributed by atoms with Crippen LogP contribution in [0.2, 0.25) is 0 Å². The van der Waals surface area contributed by atoms with E-state index in [1.165, 1.54) is 16.7 Å². The van der Waals surface area contributed by atoms with E-state index in [9.17, 15) is 0 Å². The molecule has 102 valence electrons. The van der Waals surface area contributed by atoms with Gasteiger partial charge in [0.15, 0.2) is 0 Å². The fraction of sp³-hybridized carbons (Fsp3) is 0.105. The number of benzene rings is 2. The number of fused-ring (bicyclic) bond motifs is 2. The van der Waals surface area contributed by atoms with E-state index in [0.29, 0.717) is 5.92 Å². The first-order valence-electron chi connectivity index (χ1n) is 7.16. The van der Waals surface area contributed by atoms with Crippen LogP contribution in [0.4, 0.5) is 0 Å². The Morgan fingerprint density at radius 2 is 1.33 bits per heavy atom. The van der Waals surface area contributed by atoms with Crippen LogP contribution in [0.15, 0.2) is 73.1 Å². The molecule has 0 atom stereocenters. The molecule has 0 radical (unpaired) electrons. The lowest BCUT2D eigenvalue weighted by Crippen LogP contribution is -2.12. The van der Waals surface area contributed by atoms with Gasteiger partial charge < -0.3 is 4.74 Å². The third-order valence-electron chi connectivity index (χ3n) is 4.00. The van der Waals surface area contributed by atoms with E-state index in [-0.39, 0.29) is 0 Å². The van der Waals surface area contributed by atoms with Crippen molar-refractivity contribution >= 4 is 0 Å². The number of hydrogen-bond donors (Lipinski definition) is 0. The molecule has 2 aromatic carbocycles. The summed E-state index contributed by atoms with van der Waals surface area (Å²) in [5.41, 5.74) is 3.81. The topological polar surface area (TPSA) is 22.1 Å². The standard InChI is InChI=1S/C19H15NO/c1-3-7-18-15(5-1)17(13-14-9-11-20-12-10-14)16-6-2-4-8-19(16)21-18/h1-12,17H,13H2. The van der Waals surface area contributed by atoms with Gasteiger partial charge in [-0.1, -0.05) is 36.4 Å². The molecular formula is C19H15NO. The van der Waals surface area contributed by atoms with Crippen molar-refractivity contribution in [2.24, 2.45) is 0 Å². The number of rotatable bonds is 2. The Morgan fingerprint density at radius 3 is 1.95 bits per heavy atom. The second-order valence-corrected chi connectivity index (χ2v) is 5.29. The molecule has 2 heterocycles. The highest BCUT2D eigenvalue weighted by Crippen LogP contribution is 2.45. The van der Waals surface area contributed by atoms with Crippen LogP contribution in [0.1, 0.15) is 22.6 Å². The fourth-order valence-corrected chi connectivity index (χ4v) is 2.98. The van der Waals surface area contributed by atoms with E-state index in [4.69, 9.17) is 4.74 Å². The fourth-order valence-electron chi connectivity index (χ4n) is 2.98. The number of nitrogens with zero attached hydrogens (tertiary/aromatic N) is 1. The summed E-state index contributed by atoms with van der Waals surface area (Å²) in [6, 6.07) is 20.8. The first kappa shape index (κ1) is 12.2. The van der Waals surface area contributed by atoms with E-state index >= 15 is 0 Å².